The van der Waals surface area contributed by atoms with E-state index in [9.17, 15) is 14.1 Å². The van der Waals surface area contributed by atoms with Crippen molar-refractivity contribution in [1.29, 1.82) is 0 Å². The number of hydrogen-bond donors (Lipinski definition) is 3. The Kier molecular flexibility index (Phi) is 4.44. The maximum absolute atomic E-state index is 12.8. The number of benzene rings is 2. The predicted octanol–water partition coefficient (Wildman–Crippen LogP) is 3.63. The molecule has 2 heterocycles. The van der Waals surface area contributed by atoms with Gasteiger partial charge in [0.05, 0.1) is 5.41 Å². The normalized spacial score (nSPS) is 25.6. The highest BCUT2D eigenvalue weighted by Crippen LogP contribution is 2.46. The van der Waals surface area contributed by atoms with E-state index in [1.165, 1.54) is 0 Å². The van der Waals surface area contributed by atoms with Crippen molar-refractivity contribution in [2.75, 3.05) is 16.8 Å². The van der Waals surface area contributed by atoms with Gasteiger partial charge in [-0.15, -0.1) is 0 Å². The van der Waals surface area contributed by atoms with Crippen molar-refractivity contribution < 1.29 is 14.1 Å². The Bertz CT molecular complexity index is 1010. The molecule has 5 rings (SSSR count). The molecule has 1 spiro atoms. The van der Waals surface area contributed by atoms with Crippen LogP contribution in [0.5, 0.6) is 0 Å². The first-order valence-electron chi connectivity index (χ1n) is 10.2. The topological polar surface area (TPSA) is 78.4 Å². The Hall–Kier alpha value is -2.31. The minimum atomic E-state index is -0.566. The summed E-state index contributed by atoms with van der Waals surface area (Å²) in [6, 6.07) is 12.3. The third-order valence-corrected chi connectivity index (χ3v) is 7.82. The number of nitrogens with one attached hydrogen (secondary N) is 2. The van der Waals surface area contributed by atoms with Gasteiger partial charge >= 0.3 is 0 Å². The average molecular weight is 410 g/mol. The van der Waals surface area contributed by atoms with Crippen molar-refractivity contribution in [3.8, 4) is 11.1 Å². The van der Waals surface area contributed by atoms with Crippen molar-refractivity contribution in [2.45, 2.75) is 44.1 Å². The number of carbonyl (C=O) groups is 2. The van der Waals surface area contributed by atoms with E-state index in [4.69, 9.17) is 0 Å². The summed E-state index contributed by atoms with van der Waals surface area (Å²) in [6.45, 7) is 2.04. The maximum Gasteiger partial charge on any atom is 0.251 e. The van der Waals surface area contributed by atoms with E-state index in [1.807, 2.05) is 31.2 Å². The van der Waals surface area contributed by atoms with Gasteiger partial charge < -0.3 is 10.6 Å². The maximum atomic E-state index is 12.8. The number of hydrogen-bond acceptors (Lipinski definition) is 3. The third kappa shape index (κ3) is 3.24. The lowest BCUT2D eigenvalue weighted by molar-refractivity contribution is -0.121. The Morgan fingerprint density at radius 1 is 1.17 bits per heavy atom. The molecule has 2 aliphatic heterocycles. The smallest absolute Gasteiger partial charge is 0.251 e. The number of carbonyl (C=O) groups excluding carboxylic acids is 2. The molecule has 0 radical (unpaired) electrons. The summed E-state index contributed by atoms with van der Waals surface area (Å²) < 4.78 is 9.90. The van der Waals surface area contributed by atoms with Gasteiger partial charge in [0.15, 0.2) is 0 Å². The van der Waals surface area contributed by atoms with Crippen LogP contribution < -0.4 is 10.6 Å². The molecule has 29 heavy (non-hydrogen) atoms. The standard InChI is InChI=1S/C23H24N2O3S/c1-14-2-3-16(21(26)24-17-5-6-17)12-18(14)15-4-7-19-20(13-15)25-22(27)23(19)8-10-29(28)11-9-23/h2-4,7,12-13,17,28H,5-6,8-11H2,1H3,(H-,24,25,26,27)/p+1. The Morgan fingerprint density at radius 2 is 1.93 bits per heavy atom. The van der Waals surface area contributed by atoms with E-state index in [0.717, 1.165) is 40.8 Å². The molecule has 0 unspecified atom stereocenters. The molecule has 0 aromatic heterocycles. The van der Waals surface area contributed by atoms with Gasteiger partial charge in [-0.3, -0.25) is 9.59 Å². The van der Waals surface area contributed by atoms with Crippen LogP contribution in [0, 0.1) is 6.92 Å². The number of rotatable bonds is 3. The summed E-state index contributed by atoms with van der Waals surface area (Å²) >= 11 is -0.566. The lowest BCUT2D eigenvalue weighted by Gasteiger charge is -2.29. The van der Waals surface area contributed by atoms with E-state index in [0.29, 0.717) is 36.0 Å². The van der Waals surface area contributed by atoms with Crippen LogP contribution in [0.15, 0.2) is 36.4 Å². The molecule has 1 aliphatic carbocycles. The summed E-state index contributed by atoms with van der Waals surface area (Å²) in [6.07, 6.45) is 3.52. The van der Waals surface area contributed by atoms with Gasteiger partial charge in [0.25, 0.3) is 5.91 Å². The van der Waals surface area contributed by atoms with Gasteiger partial charge in [0, 0.05) is 30.1 Å². The van der Waals surface area contributed by atoms with Crippen molar-refractivity contribution in [3.63, 3.8) is 0 Å². The predicted molar refractivity (Wildman–Crippen MR) is 116 cm³/mol. The monoisotopic (exact) mass is 409 g/mol. The molecule has 2 amide bonds. The van der Waals surface area contributed by atoms with Gasteiger partial charge in [-0.05, 0) is 60.2 Å². The van der Waals surface area contributed by atoms with Gasteiger partial charge in [0.1, 0.15) is 22.7 Å². The lowest BCUT2D eigenvalue weighted by atomic mass is 9.76. The van der Waals surface area contributed by atoms with Crippen LogP contribution in [0.4, 0.5) is 5.69 Å². The molecule has 6 heteroatoms. The van der Waals surface area contributed by atoms with Crippen LogP contribution in [0.25, 0.3) is 11.1 Å². The van der Waals surface area contributed by atoms with Gasteiger partial charge in [-0.25, -0.2) is 0 Å². The summed E-state index contributed by atoms with van der Waals surface area (Å²) in [5, 5.41) is 6.12. The molecule has 1 saturated heterocycles. The van der Waals surface area contributed by atoms with Crippen molar-refractivity contribution in [1.82, 2.24) is 5.32 Å². The van der Waals surface area contributed by atoms with Crippen LogP contribution in [0.2, 0.25) is 0 Å². The van der Waals surface area contributed by atoms with E-state index in [1.54, 1.807) is 0 Å². The minimum Gasteiger partial charge on any atom is -0.349 e. The molecule has 2 aromatic carbocycles. The summed E-state index contributed by atoms with van der Waals surface area (Å²) in [5.74, 6) is 1.40. The van der Waals surface area contributed by atoms with E-state index in [2.05, 4.69) is 22.8 Å². The molecule has 150 valence electrons. The number of fused-ring (bicyclic) bond motifs is 2. The van der Waals surface area contributed by atoms with E-state index >= 15 is 0 Å². The molecule has 3 N–H and O–H groups in total. The second kappa shape index (κ2) is 6.89. The molecule has 1 saturated carbocycles. The molecule has 0 atom stereocenters. The summed E-state index contributed by atoms with van der Waals surface area (Å²) in [7, 11) is 0. The van der Waals surface area contributed by atoms with Crippen LogP contribution in [-0.4, -0.2) is 33.9 Å². The van der Waals surface area contributed by atoms with Gasteiger partial charge in [0.2, 0.25) is 5.91 Å². The minimum absolute atomic E-state index is 0.0243. The van der Waals surface area contributed by atoms with Crippen LogP contribution in [0.3, 0.4) is 0 Å². The van der Waals surface area contributed by atoms with Crippen molar-refractivity contribution >= 4 is 28.7 Å². The van der Waals surface area contributed by atoms with E-state index in [-0.39, 0.29) is 11.8 Å². The second-order valence-electron chi connectivity index (χ2n) is 8.44. The first kappa shape index (κ1) is 18.7. The Balaban J connectivity index is 1.49. The van der Waals surface area contributed by atoms with E-state index < -0.39 is 16.6 Å². The third-order valence-electron chi connectivity index (χ3n) is 6.47. The molecular weight excluding hydrogens is 384 g/mol. The Morgan fingerprint density at radius 3 is 2.66 bits per heavy atom. The molecule has 0 bridgehead atoms. The van der Waals surface area contributed by atoms with Crippen molar-refractivity contribution in [2.24, 2.45) is 0 Å². The highest BCUT2D eigenvalue weighted by atomic mass is 32.2. The molecule has 2 fully saturated rings. The number of aryl methyl sites for hydroxylation is 1. The van der Waals surface area contributed by atoms with Crippen LogP contribution >= 0.6 is 0 Å². The van der Waals surface area contributed by atoms with Gasteiger partial charge in [-0.1, -0.05) is 18.2 Å². The first-order chi connectivity index (χ1) is 14.0. The van der Waals surface area contributed by atoms with Crippen LogP contribution in [0.1, 0.15) is 47.2 Å². The highest BCUT2D eigenvalue weighted by molar-refractivity contribution is 7.91. The lowest BCUT2D eigenvalue weighted by Crippen LogP contribution is -2.42. The fourth-order valence-corrected chi connectivity index (χ4v) is 5.85. The van der Waals surface area contributed by atoms with Crippen molar-refractivity contribution in [3.05, 3.63) is 53.1 Å². The molecule has 5 nitrogen and oxygen atoms in total. The number of amides is 2. The first-order valence-corrected chi connectivity index (χ1v) is 11.7. The average Bonchev–Trinajstić information content (AvgIpc) is 3.48. The zero-order valence-corrected chi connectivity index (χ0v) is 17.3. The van der Waals surface area contributed by atoms with Gasteiger partial charge in [-0.2, -0.15) is 4.55 Å². The number of anilines is 1. The highest BCUT2D eigenvalue weighted by Gasteiger charge is 2.51. The zero-order chi connectivity index (χ0) is 20.2. The summed E-state index contributed by atoms with van der Waals surface area (Å²) in [5.41, 5.74) is 5.17. The molecule has 2 aromatic rings. The second-order valence-corrected chi connectivity index (χ2v) is 10.2. The molecule has 3 aliphatic rings. The SMILES string of the molecule is Cc1ccc(C(=O)NC2CC2)cc1-c1ccc2c(c1)NC(=O)C21CC[S+](O)CC1. The van der Waals surface area contributed by atoms with Crippen LogP contribution in [-0.2, 0) is 21.4 Å². The summed E-state index contributed by atoms with van der Waals surface area (Å²) in [4.78, 5) is 25.3. The Labute approximate surface area is 173 Å². The quantitative estimate of drug-likeness (QED) is 0.678. The largest absolute Gasteiger partial charge is 0.349 e. The molecular formula is C23H25N2O3S+. The zero-order valence-electron chi connectivity index (χ0n) is 16.5. The fourth-order valence-electron chi connectivity index (χ4n) is 4.47. The fraction of sp³-hybridized carbons (Fsp3) is 0.391.